The van der Waals surface area contributed by atoms with Crippen LogP contribution in [0.5, 0.6) is 0 Å². The van der Waals surface area contributed by atoms with Crippen LogP contribution in [0.2, 0.25) is 0 Å². The molecule has 33 heavy (non-hydrogen) atoms. The van der Waals surface area contributed by atoms with Crippen LogP contribution in [-0.2, 0) is 29.7 Å². The molecule has 1 aromatic rings. The monoisotopic (exact) mass is 500 g/mol. The Labute approximate surface area is 204 Å². The van der Waals surface area contributed by atoms with Crippen LogP contribution in [0.4, 0.5) is 0 Å². The van der Waals surface area contributed by atoms with E-state index in [2.05, 4.69) is 18.2 Å². The van der Waals surface area contributed by atoms with Gasteiger partial charge in [0, 0.05) is 44.5 Å². The lowest BCUT2D eigenvalue weighted by Crippen LogP contribution is -2.33. The molecule has 0 amide bonds. The topological polar surface area (TPSA) is 74.2 Å². The molecule has 0 bridgehead atoms. The SMILES string of the molecule is [3H]PO[C@H]1C[C@@H](OP[3H])[C@H](CCC2(CCc3ccccc3)OCCO2)[C@H]1CC=CCCCC(=O)O. The summed E-state index contributed by atoms with van der Waals surface area (Å²) < 4.78 is 39.3. The molecular formula is C25H38O6P2. The van der Waals surface area contributed by atoms with Gasteiger partial charge >= 0.3 is 5.97 Å². The minimum absolute atomic E-state index is 0.0773. The van der Waals surface area contributed by atoms with Crippen molar-refractivity contribution in [2.45, 2.75) is 75.8 Å². The number of rotatable bonds is 16. The molecule has 1 saturated heterocycles. The number of carboxylic acid groups (broad SMARTS) is 1. The number of allylic oxidation sites excluding steroid dienone is 2. The van der Waals surface area contributed by atoms with E-state index in [-0.39, 0.29) is 49.3 Å². The fourth-order valence-electron chi connectivity index (χ4n) is 5.15. The first-order valence-corrected chi connectivity index (χ1v) is 12.7. The highest BCUT2D eigenvalue weighted by molar-refractivity contribution is 7.10. The minimum Gasteiger partial charge on any atom is -0.481 e. The molecule has 0 radical (unpaired) electrons. The van der Waals surface area contributed by atoms with Crippen molar-refractivity contribution in [3.8, 4) is 0 Å². The molecule has 6 nitrogen and oxygen atoms in total. The summed E-state index contributed by atoms with van der Waals surface area (Å²) in [4.78, 5) is 10.7. The number of benzene rings is 1. The fourth-order valence-corrected chi connectivity index (χ4v) is 5.69. The molecule has 1 aliphatic carbocycles. The van der Waals surface area contributed by atoms with E-state index in [4.69, 9.17) is 26.2 Å². The first-order chi connectivity index (χ1) is 17.1. The second-order valence-corrected chi connectivity index (χ2v) is 9.47. The van der Waals surface area contributed by atoms with Gasteiger partial charge in [-0.05, 0) is 49.5 Å². The normalized spacial score (nSPS) is 28.4. The second kappa shape index (κ2) is 13.9. The van der Waals surface area contributed by atoms with Crippen LogP contribution in [0.3, 0.4) is 0 Å². The van der Waals surface area contributed by atoms with Crippen LogP contribution in [0, 0.1) is 11.8 Å². The summed E-state index contributed by atoms with van der Waals surface area (Å²) >= 11 is 0. The van der Waals surface area contributed by atoms with E-state index >= 15 is 0 Å². The van der Waals surface area contributed by atoms with Crippen LogP contribution in [0.15, 0.2) is 42.5 Å². The number of carbonyl (C=O) groups is 1. The van der Waals surface area contributed by atoms with Crippen LogP contribution < -0.4 is 0 Å². The highest BCUT2D eigenvalue weighted by Gasteiger charge is 2.45. The smallest absolute Gasteiger partial charge is 0.303 e. The minimum atomic E-state index is -0.770. The van der Waals surface area contributed by atoms with Gasteiger partial charge in [-0.1, -0.05) is 42.5 Å². The lowest BCUT2D eigenvalue weighted by atomic mass is 9.85. The molecular weight excluding hydrogens is 458 g/mol. The number of carboxylic acids is 1. The van der Waals surface area contributed by atoms with Crippen molar-refractivity contribution in [2.24, 2.45) is 11.8 Å². The maximum Gasteiger partial charge on any atom is 0.303 e. The molecule has 2 unspecified atom stereocenters. The molecule has 3 rings (SSSR count). The fraction of sp³-hybridized carbons (Fsp3) is 0.640. The molecule has 1 heterocycles. The van der Waals surface area contributed by atoms with Crippen molar-refractivity contribution in [1.29, 1.82) is 2.56 Å². The molecule has 1 aliphatic heterocycles. The van der Waals surface area contributed by atoms with Crippen molar-refractivity contribution in [1.82, 2.24) is 0 Å². The summed E-state index contributed by atoms with van der Waals surface area (Å²) in [6.45, 7) is 1.20. The van der Waals surface area contributed by atoms with E-state index < -0.39 is 11.8 Å². The predicted octanol–water partition coefficient (Wildman–Crippen LogP) is 5.33. The molecule has 1 saturated carbocycles. The van der Waals surface area contributed by atoms with Gasteiger partial charge in [-0.25, -0.2) is 0 Å². The number of hydrogen-bond donors (Lipinski definition) is 1. The van der Waals surface area contributed by atoms with Crippen molar-refractivity contribution in [3.05, 3.63) is 48.0 Å². The van der Waals surface area contributed by atoms with Crippen molar-refractivity contribution < 1.29 is 28.4 Å². The average Bonchev–Trinajstić information content (AvgIpc) is 3.45. The van der Waals surface area contributed by atoms with Gasteiger partial charge in [0.25, 0.3) is 0 Å². The first-order valence-electron chi connectivity index (χ1n) is 12.9. The standard InChI is InChI=1S/C25H38O6P2/c26-24(27)11-7-2-1-6-10-20-21(23(31-33)18-22(20)30-32)13-15-25(28-16-17-29-25)14-12-19-8-4-3-5-9-19/h1,3-6,8-9,20-23H,2,7,10-18,32-33H2,(H,26,27)/t20-,21-,22+,23-/m1/s1/i32T,33T/t20-,21-,22+,23-,32?,33?. The zero-order valence-electron chi connectivity index (χ0n) is 21.1. The summed E-state index contributed by atoms with van der Waals surface area (Å²) in [6, 6.07) is 10.4. The van der Waals surface area contributed by atoms with E-state index in [0.717, 1.165) is 38.5 Å². The van der Waals surface area contributed by atoms with Crippen molar-refractivity contribution >= 4 is 24.8 Å². The lowest BCUT2D eigenvalue weighted by molar-refractivity contribution is -0.170. The van der Waals surface area contributed by atoms with Crippen molar-refractivity contribution in [2.75, 3.05) is 13.2 Å². The van der Waals surface area contributed by atoms with Gasteiger partial charge in [-0.15, -0.1) is 0 Å². The lowest BCUT2D eigenvalue weighted by Gasteiger charge is -2.31. The Morgan fingerprint density at radius 3 is 2.55 bits per heavy atom. The molecule has 0 aromatic heterocycles. The third kappa shape index (κ3) is 8.09. The molecule has 1 N–H and O–H groups in total. The number of aliphatic carboxylic acids is 1. The number of ether oxygens (including phenoxy) is 2. The Kier molecular flexibility index (Phi) is 10.0. The number of unbranched alkanes of at least 4 members (excludes halogenated alkanes) is 1. The predicted molar refractivity (Wildman–Crippen MR) is 135 cm³/mol. The van der Waals surface area contributed by atoms with E-state index in [1.807, 2.05) is 24.3 Å². The molecule has 6 atom stereocenters. The molecule has 8 heteroatoms. The van der Waals surface area contributed by atoms with Gasteiger partial charge in [0.1, 0.15) is 0 Å². The molecule has 184 valence electrons. The van der Waals surface area contributed by atoms with Gasteiger partial charge < -0.3 is 23.6 Å². The number of hydrogen-bond acceptors (Lipinski definition) is 5. The van der Waals surface area contributed by atoms with E-state index in [1.54, 1.807) is 0 Å². The van der Waals surface area contributed by atoms with E-state index in [1.165, 1.54) is 5.56 Å². The third-order valence-electron chi connectivity index (χ3n) is 6.92. The second-order valence-electron chi connectivity index (χ2n) is 9.00. The third-order valence-corrected chi connectivity index (χ3v) is 7.52. The summed E-state index contributed by atoms with van der Waals surface area (Å²) in [5.41, 5.74) is 1.26. The van der Waals surface area contributed by atoms with Crippen LogP contribution in [-0.4, -0.2) is 44.8 Å². The number of aryl methyl sites for hydroxylation is 1. The quantitative estimate of drug-likeness (QED) is 0.188. The first kappa shape index (κ1) is 23.9. The Hall–Kier alpha value is -0.870. The summed E-state index contributed by atoms with van der Waals surface area (Å²) in [6.07, 6.45) is 10.3. The largest absolute Gasteiger partial charge is 0.481 e. The van der Waals surface area contributed by atoms with Gasteiger partial charge in [0.15, 0.2) is 5.79 Å². The summed E-state index contributed by atoms with van der Waals surface area (Å²) in [5.74, 6) is -1.01. The van der Waals surface area contributed by atoms with Crippen molar-refractivity contribution in [3.63, 3.8) is 0 Å². The Morgan fingerprint density at radius 2 is 1.85 bits per heavy atom. The average molecular weight is 501 g/mol. The summed E-state index contributed by atoms with van der Waals surface area (Å²) in [7, 11) is -0.684. The highest BCUT2D eigenvalue weighted by Crippen LogP contribution is 2.44. The Morgan fingerprint density at radius 1 is 1.12 bits per heavy atom. The zero-order valence-corrected chi connectivity index (χ0v) is 21.1. The molecule has 1 aromatic carbocycles. The molecule has 0 spiro atoms. The van der Waals surface area contributed by atoms with Gasteiger partial charge in [0.05, 0.1) is 28.0 Å². The molecule has 2 aliphatic rings. The highest BCUT2D eigenvalue weighted by atomic mass is 31.0. The Bertz CT molecular complexity index is 778. The molecule has 2 fully saturated rings. The van der Waals surface area contributed by atoms with E-state index in [0.29, 0.717) is 26.1 Å². The zero-order chi connectivity index (χ0) is 24.9. The maximum atomic E-state index is 10.7. The van der Waals surface area contributed by atoms with Crippen LogP contribution >= 0.6 is 18.8 Å². The Balaban J connectivity index is 1.64. The van der Waals surface area contributed by atoms with Crippen LogP contribution in [0.1, 0.15) is 56.9 Å². The van der Waals surface area contributed by atoms with Gasteiger partial charge in [-0.2, -0.15) is 0 Å². The van der Waals surface area contributed by atoms with E-state index in [9.17, 15) is 4.79 Å². The van der Waals surface area contributed by atoms with Gasteiger partial charge in [0.2, 0.25) is 0 Å². The van der Waals surface area contributed by atoms with Crippen LogP contribution in [0.25, 0.3) is 0 Å². The maximum absolute atomic E-state index is 10.7. The summed E-state index contributed by atoms with van der Waals surface area (Å²) in [5, 5.41) is 8.82. The van der Waals surface area contributed by atoms with Gasteiger partial charge in [-0.3, -0.25) is 4.79 Å².